The molecule has 0 aromatic heterocycles. The fraction of sp³-hybridized carbons (Fsp3) is 0.778. The van der Waals surface area contributed by atoms with E-state index < -0.39 is 16.1 Å². The van der Waals surface area contributed by atoms with Crippen molar-refractivity contribution in [1.29, 1.82) is 0 Å². The number of halogens is 1. The van der Waals surface area contributed by atoms with Crippen LogP contribution in [0.25, 0.3) is 0 Å². The minimum Gasteiger partial charge on any atom is -0.0981 e. The molecule has 0 fully saturated rings. The Morgan fingerprint density at radius 1 is 1.00 bits per heavy atom. The number of hydrogen-bond donors (Lipinski definition) is 0. The summed E-state index contributed by atoms with van der Waals surface area (Å²) in [6, 6.07) is 0. The molecule has 1 atom stereocenters. The lowest BCUT2D eigenvalue weighted by Gasteiger charge is -2.21. The van der Waals surface area contributed by atoms with Gasteiger partial charge in [0.25, 0.3) is 0 Å². The van der Waals surface area contributed by atoms with Crippen molar-refractivity contribution in [1.82, 2.24) is 0 Å². The van der Waals surface area contributed by atoms with Gasteiger partial charge in [0, 0.05) is 4.45 Å². The van der Waals surface area contributed by atoms with E-state index in [9.17, 15) is 0 Å². The summed E-state index contributed by atoms with van der Waals surface area (Å²) in [7, 11) is -2.00. The van der Waals surface area contributed by atoms with E-state index in [1.54, 1.807) is 0 Å². The molecule has 0 rings (SSSR count). The number of alkyl halides is 1. The molecule has 0 aromatic rings. The molecule has 0 bridgehead atoms. The predicted molar refractivity (Wildman–Crippen MR) is 68.5 cm³/mol. The summed E-state index contributed by atoms with van der Waals surface area (Å²) in [5, 5.41) is 0. The van der Waals surface area contributed by atoms with Crippen LogP contribution in [0.15, 0.2) is 11.8 Å². The highest BCUT2D eigenvalue weighted by molar-refractivity contribution is 9.10. The predicted octanol–water partition coefficient (Wildman–Crippen LogP) is 4.06. The van der Waals surface area contributed by atoms with Crippen LogP contribution in [-0.2, 0) is 0 Å². The highest BCUT2D eigenvalue weighted by Gasteiger charge is 2.22. The van der Waals surface area contributed by atoms with Crippen LogP contribution in [0.4, 0.5) is 0 Å². The SMILES string of the molecule is C[Si](C)(C)/C=C/C(Br)[Si](C)(C)C. The zero-order valence-corrected chi connectivity index (χ0v) is 12.7. The molecule has 0 aliphatic carbocycles. The van der Waals surface area contributed by atoms with Crippen molar-refractivity contribution < 1.29 is 0 Å². The van der Waals surface area contributed by atoms with Gasteiger partial charge in [0.1, 0.15) is 0 Å². The molecule has 0 radical (unpaired) electrons. The minimum absolute atomic E-state index is 0.636. The van der Waals surface area contributed by atoms with Gasteiger partial charge < -0.3 is 0 Å². The normalized spacial score (nSPS) is 16.9. The monoisotopic (exact) mass is 264 g/mol. The average molecular weight is 265 g/mol. The van der Waals surface area contributed by atoms with E-state index in [1.165, 1.54) is 0 Å². The van der Waals surface area contributed by atoms with E-state index in [-0.39, 0.29) is 0 Å². The standard InChI is InChI=1S/C9H21BrSi2/c1-11(2,3)8-7-9(10)12(4,5)6/h7-9H,1-6H3/b8-7+. The highest BCUT2D eigenvalue weighted by Crippen LogP contribution is 2.18. The van der Waals surface area contributed by atoms with Gasteiger partial charge in [-0.3, -0.25) is 0 Å². The van der Waals surface area contributed by atoms with Crippen molar-refractivity contribution in [3.05, 3.63) is 11.8 Å². The van der Waals surface area contributed by atoms with Crippen LogP contribution >= 0.6 is 15.9 Å². The molecule has 0 saturated heterocycles. The summed E-state index contributed by atoms with van der Waals surface area (Å²) < 4.78 is 0.636. The topological polar surface area (TPSA) is 0 Å². The van der Waals surface area contributed by atoms with Crippen molar-refractivity contribution in [2.45, 2.75) is 43.7 Å². The largest absolute Gasteiger partial charge is 0.0981 e. The van der Waals surface area contributed by atoms with Crippen LogP contribution in [0.5, 0.6) is 0 Å². The van der Waals surface area contributed by atoms with Crippen LogP contribution in [-0.4, -0.2) is 20.6 Å². The molecular formula is C9H21BrSi2. The fourth-order valence-corrected chi connectivity index (χ4v) is 2.73. The van der Waals surface area contributed by atoms with E-state index in [0.29, 0.717) is 4.45 Å². The zero-order valence-electron chi connectivity index (χ0n) is 9.11. The molecule has 0 N–H and O–H groups in total. The fourth-order valence-electron chi connectivity index (χ4n) is 0.662. The van der Waals surface area contributed by atoms with E-state index in [4.69, 9.17) is 0 Å². The Kier molecular flexibility index (Phi) is 4.48. The first-order valence-corrected chi connectivity index (χ1v) is 12.5. The minimum atomic E-state index is -1.01. The third-order valence-corrected chi connectivity index (χ3v) is 9.06. The van der Waals surface area contributed by atoms with Gasteiger partial charge in [-0.25, -0.2) is 0 Å². The van der Waals surface area contributed by atoms with Crippen LogP contribution in [0.3, 0.4) is 0 Å². The maximum absolute atomic E-state index is 3.75. The van der Waals surface area contributed by atoms with Gasteiger partial charge >= 0.3 is 0 Å². The zero-order chi connectivity index (χ0) is 9.99. The quantitative estimate of drug-likeness (QED) is 0.533. The molecule has 0 spiro atoms. The average Bonchev–Trinajstić information content (AvgIpc) is 1.78. The van der Waals surface area contributed by atoms with Gasteiger partial charge in [0.05, 0.1) is 16.1 Å². The third kappa shape index (κ3) is 6.20. The summed E-state index contributed by atoms with van der Waals surface area (Å²) in [6.45, 7) is 14.3. The van der Waals surface area contributed by atoms with Crippen molar-refractivity contribution in [3.63, 3.8) is 0 Å². The first kappa shape index (κ1) is 12.7. The van der Waals surface area contributed by atoms with Gasteiger partial charge in [-0.1, -0.05) is 67.0 Å². The molecule has 12 heavy (non-hydrogen) atoms. The Bertz CT molecular complexity index is 162. The summed E-state index contributed by atoms with van der Waals surface area (Å²) >= 11 is 3.75. The maximum Gasteiger partial charge on any atom is 0.0683 e. The van der Waals surface area contributed by atoms with E-state index >= 15 is 0 Å². The lowest BCUT2D eigenvalue weighted by Crippen LogP contribution is -2.32. The summed E-state index contributed by atoms with van der Waals surface area (Å²) in [5.74, 6) is 0. The molecule has 0 nitrogen and oxygen atoms in total. The number of rotatable bonds is 3. The van der Waals surface area contributed by atoms with Crippen LogP contribution in [0.1, 0.15) is 0 Å². The van der Waals surface area contributed by atoms with E-state index in [0.717, 1.165) is 0 Å². The molecular weight excluding hydrogens is 244 g/mol. The second-order valence-corrected chi connectivity index (χ2v) is 17.7. The second kappa shape index (κ2) is 4.24. The maximum atomic E-state index is 3.75. The molecule has 0 aliphatic heterocycles. The molecule has 0 saturated carbocycles. The van der Waals surface area contributed by atoms with Crippen LogP contribution < -0.4 is 0 Å². The van der Waals surface area contributed by atoms with Crippen molar-refractivity contribution in [2.24, 2.45) is 0 Å². The summed E-state index contributed by atoms with van der Waals surface area (Å²) in [5.41, 5.74) is 2.44. The second-order valence-electron chi connectivity index (χ2n) is 5.49. The van der Waals surface area contributed by atoms with E-state index in [2.05, 4.69) is 67.0 Å². The summed E-state index contributed by atoms with van der Waals surface area (Å²) in [6.07, 6.45) is 2.37. The summed E-state index contributed by atoms with van der Waals surface area (Å²) in [4.78, 5) is 0. The Hall–Kier alpha value is 0.654. The molecule has 3 heteroatoms. The van der Waals surface area contributed by atoms with Gasteiger partial charge in [0.2, 0.25) is 0 Å². The molecule has 0 amide bonds. The Morgan fingerprint density at radius 3 is 1.67 bits per heavy atom. The lowest BCUT2D eigenvalue weighted by atomic mass is 10.7. The number of hydrogen-bond acceptors (Lipinski definition) is 0. The first-order chi connectivity index (χ1) is 5.13. The Balaban J connectivity index is 4.19. The molecule has 0 aromatic carbocycles. The van der Waals surface area contributed by atoms with Crippen molar-refractivity contribution in [3.8, 4) is 0 Å². The van der Waals surface area contributed by atoms with Gasteiger partial charge in [0.15, 0.2) is 0 Å². The van der Waals surface area contributed by atoms with Crippen LogP contribution in [0.2, 0.25) is 39.3 Å². The smallest absolute Gasteiger partial charge is 0.0683 e. The van der Waals surface area contributed by atoms with Crippen molar-refractivity contribution in [2.75, 3.05) is 0 Å². The van der Waals surface area contributed by atoms with E-state index in [1.807, 2.05) is 0 Å². The molecule has 0 aliphatic rings. The van der Waals surface area contributed by atoms with Crippen LogP contribution in [0, 0.1) is 0 Å². The number of allylic oxidation sites excluding steroid dienone is 1. The van der Waals surface area contributed by atoms with Gasteiger partial charge in [-0.15, -0.1) is 0 Å². The van der Waals surface area contributed by atoms with Crippen molar-refractivity contribution >= 4 is 32.1 Å². The first-order valence-electron chi connectivity index (χ1n) is 4.46. The molecule has 0 heterocycles. The van der Waals surface area contributed by atoms with Gasteiger partial charge in [-0.2, -0.15) is 0 Å². The Labute approximate surface area is 87.6 Å². The van der Waals surface area contributed by atoms with Gasteiger partial charge in [-0.05, 0) is 0 Å². The highest BCUT2D eigenvalue weighted by atomic mass is 79.9. The Morgan fingerprint density at radius 2 is 1.42 bits per heavy atom. The third-order valence-electron chi connectivity index (χ3n) is 1.59. The molecule has 1 unspecified atom stereocenters. The molecule has 72 valence electrons. The lowest BCUT2D eigenvalue weighted by molar-refractivity contribution is 1.47.